The van der Waals surface area contributed by atoms with E-state index in [9.17, 15) is 9.59 Å². The van der Waals surface area contributed by atoms with Crippen LogP contribution in [0.1, 0.15) is 46.5 Å². The van der Waals surface area contributed by atoms with Crippen LogP contribution in [0, 0.1) is 11.8 Å². The van der Waals surface area contributed by atoms with E-state index in [1.54, 1.807) is 19.4 Å². The second-order valence-corrected chi connectivity index (χ2v) is 12.6. The predicted octanol–water partition coefficient (Wildman–Crippen LogP) is 4.34. The smallest absolute Gasteiger partial charge is 0.267 e. The molecule has 1 aliphatic heterocycles. The third-order valence-corrected chi connectivity index (χ3v) is 9.94. The number of pyridine rings is 1. The molecule has 2 aliphatic carbocycles. The number of carbonyl (C=O) groups is 2. The number of likely N-dealkylation sites (tertiary alicyclic amines) is 1. The van der Waals surface area contributed by atoms with Gasteiger partial charge in [-0.15, -0.1) is 0 Å². The standard InChI is InChI=1S/C34H35N7O3/c1-39-31-25(11-23(14-29(31)44-2)34(43)41-17-22-8-10-26(41)30(22)35)38-33(39)28-13-20-6-5-19(12-27(20)40(28)16-18-3-4-18)21-7-9-24(32(36)42)37-15-21/h5-7,9,11-15,18,22,26,30H,3-4,8,10,16-17,35H2,1-2H3,(H2,36,42)/t22-,26-,30-/m1/s1. The molecule has 10 nitrogen and oxygen atoms in total. The summed E-state index contributed by atoms with van der Waals surface area (Å²) in [5, 5.41) is 1.11. The van der Waals surface area contributed by atoms with Crippen LogP contribution in [0.2, 0.25) is 0 Å². The lowest BCUT2D eigenvalue weighted by atomic mass is 10.1. The third-order valence-electron chi connectivity index (χ3n) is 9.94. The van der Waals surface area contributed by atoms with Crippen LogP contribution in [0.25, 0.3) is 44.6 Å². The quantitative estimate of drug-likeness (QED) is 0.290. The summed E-state index contributed by atoms with van der Waals surface area (Å²) in [4.78, 5) is 36.5. The minimum absolute atomic E-state index is 0.00576. The van der Waals surface area contributed by atoms with Gasteiger partial charge in [0, 0.05) is 60.4 Å². The van der Waals surface area contributed by atoms with Crippen molar-refractivity contribution in [3.8, 4) is 28.4 Å². The number of benzene rings is 2. The number of aryl methyl sites for hydroxylation is 1. The lowest BCUT2D eigenvalue weighted by molar-refractivity contribution is 0.0700. The molecule has 2 saturated carbocycles. The summed E-state index contributed by atoms with van der Waals surface area (Å²) in [7, 11) is 3.64. The van der Waals surface area contributed by atoms with Crippen molar-refractivity contribution in [1.29, 1.82) is 0 Å². The molecular formula is C34H35N7O3. The number of fused-ring (bicyclic) bond motifs is 4. The maximum Gasteiger partial charge on any atom is 0.267 e. The second-order valence-electron chi connectivity index (χ2n) is 12.6. The summed E-state index contributed by atoms with van der Waals surface area (Å²) in [5.41, 5.74) is 18.2. The third kappa shape index (κ3) is 4.19. The van der Waals surface area contributed by atoms with Crippen molar-refractivity contribution in [1.82, 2.24) is 24.0 Å². The van der Waals surface area contributed by atoms with E-state index in [1.807, 2.05) is 30.1 Å². The van der Waals surface area contributed by atoms with Gasteiger partial charge in [-0.25, -0.2) is 4.98 Å². The van der Waals surface area contributed by atoms with Gasteiger partial charge in [-0.3, -0.25) is 14.6 Å². The summed E-state index contributed by atoms with van der Waals surface area (Å²) < 4.78 is 10.3. The highest BCUT2D eigenvalue weighted by atomic mass is 16.5. The first-order valence-corrected chi connectivity index (χ1v) is 15.3. The molecule has 4 N–H and O–H groups in total. The Morgan fingerprint density at radius 2 is 1.84 bits per heavy atom. The average Bonchev–Trinajstić information content (AvgIpc) is 3.44. The van der Waals surface area contributed by atoms with Gasteiger partial charge in [0.1, 0.15) is 17.0 Å². The minimum Gasteiger partial charge on any atom is -0.494 e. The number of hydrogen-bond donors (Lipinski definition) is 2. The van der Waals surface area contributed by atoms with E-state index in [-0.39, 0.29) is 23.7 Å². The first-order valence-electron chi connectivity index (χ1n) is 15.3. The maximum absolute atomic E-state index is 13.7. The highest BCUT2D eigenvalue weighted by Crippen LogP contribution is 2.40. The normalized spacial score (nSPS) is 21.1. The van der Waals surface area contributed by atoms with E-state index in [1.165, 1.54) is 12.8 Å². The fourth-order valence-corrected chi connectivity index (χ4v) is 7.35. The van der Waals surface area contributed by atoms with E-state index in [2.05, 4.69) is 38.4 Å². The van der Waals surface area contributed by atoms with Crippen LogP contribution in [0.4, 0.5) is 0 Å². The Labute approximate surface area is 254 Å². The number of rotatable bonds is 7. The summed E-state index contributed by atoms with van der Waals surface area (Å²) in [6.45, 7) is 1.61. The number of methoxy groups -OCH3 is 1. The van der Waals surface area contributed by atoms with Gasteiger partial charge in [-0.1, -0.05) is 18.2 Å². The molecule has 0 spiro atoms. The Morgan fingerprint density at radius 1 is 1.02 bits per heavy atom. The van der Waals surface area contributed by atoms with Crippen molar-refractivity contribution in [2.24, 2.45) is 30.4 Å². The van der Waals surface area contributed by atoms with Crippen LogP contribution < -0.4 is 16.2 Å². The Morgan fingerprint density at radius 3 is 2.50 bits per heavy atom. The zero-order valence-electron chi connectivity index (χ0n) is 24.9. The Balaban J connectivity index is 1.22. The molecule has 3 atom stereocenters. The average molecular weight is 590 g/mol. The van der Waals surface area contributed by atoms with E-state index < -0.39 is 5.91 Å². The highest BCUT2D eigenvalue weighted by molar-refractivity contribution is 6.01. The van der Waals surface area contributed by atoms with Crippen molar-refractivity contribution < 1.29 is 14.3 Å². The van der Waals surface area contributed by atoms with Crippen molar-refractivity contribution >= 4 is 33.8 Å². The van der Waals surface area contributed by atoms with Crippen molar-refractivity contribution in [3.05, 3.63) is 66.0 Å². The van der Waals surface area contributed by atoms with Crippen LogP contribution in [0.5, 0.6) is 5.75 Å². The number of nitrogens with zero attached hydrogens (tertiary/aromatic N) is 5. The molecule has 3 aliphatic rings. The van der Waals surface area contributed by atoms with Gasteiger partial charge in [0.2, 0.25) is 0 Å². The predicted molar refractivity (Wildman–Crippen MR) is 168 cm³/mol. The van der Waals surface area contributed by atoms with Crippen LogP contribution >= 0.6 is 0 Å². The summed E-state index contributed by atoms with van der Waals surface area (Å²) in [6.07, 6.45) is 6.17. The number of piperidine rings is 1. The molecule has 2 aromatic carbocycles. The van der Waals surface area contributed by atoms with Crippen LogP contribution in [-0.4, -0.2) is 61.6 Å². The number of aromatic nitrogens is 4. The fourth-order valence-electron chi connectivity index (χ4n) is 7.35. The first-order chi connectivity index (χ1) is 21.3. The zero-order valence-corrected chi connectivity index (χ0v) is 24.9. The summed E-state index contributed by atoms with van der Waals surface area (Å²) in [6, 6.07) is 16.0. The highest BCUT2D eigenvalue weighted by Gasteiger charge is 2.47. The lowest BCUT2D eigenvalue weighted by Crippen LogP contribution is -2.41. The number of carbonyl (C=O) groups excluding carboxylic acids is 2. The van der Waals surface area contributed by atoms with Gasteiger partial charge >= 0.3 is 0 Å². The number of imidazole rings is 1. The number of ether oxygens (including phenoxy) is 1. The Bertz CT molecular complexity index is 1970. The van der Waals surface area contributed by atoms with Crippen molar-refractivity contribution in [2.45, 2.75) is 44.3 Å². The molecule has 8 rings (SSSR count). The molecule has 5 aromatic rings. The number of nitrogens with two attached hydrogens (primary N) is 2. The van der Waals surface area contributed by atoms with Gasteiger partial charge in [-0.2, -0.15) is 0 Å². The van der Waals surface area contributed by atoms with E-state index in [4.69, 9.17) is 21.2 Å². The zero-order chi connectivity index (χ0) is 30.3. The van der Waals surface area contributed by atoms with E-state index >= 15 is 0 Å². The number of hydrogen-bond acceptors (Lipinski definition) is 6. The molecule has 3 aromatic heterocycles. The lowest BCUT2D eigenvalue weighted by Gasteiger charge is -2.27. The molecule has 0 radical (unpaired) electrons. The first kappa shape index (κ1) is 26.9. The van der Waals surface area contributed by atoms with E-state index in [0.717, 1.165) is 64.0 Å². The topological polar surface area (TPSA) is 134 Å². The van der Waals surface area contributed by atoms with Crippen molar-refractivity contribution in [2.75, 3.05) is 13.7 Å². The van der Waals surface area contributed by atoms with Gasteiger partial charge < -0.3 is 30.2 Å². The summed E-state index contributed by atoms with van der Waals surface area (Å²) >= 11 is 0. The monoisotopic (exact) mass is 589 g/mol. The molecule has 0 unspecified atom stereocenters. The van der Waals surface area contributed by atoms with Crippen LogP contribution in [0.3, 0.4) is 0 Å². The van der Waals surface area contributed by atoms with E-state index in [0.29, 0.717) is 29.7 Å². The molecular weight excluding hydrogens is 554 g/mol. The largest absolute Gasteiger partial charge is 0.494 e. The van der Waals surface area contributed by atoms with Gasteiger partial charge in [-0.05, 0) is 73.4 Å². The van der Waals surface area contributed by atoms with Crippen LogP contribution in [-0.2, 0) is 13.6 Å². The molecule has 3 fully saturated rings. The molecule has 2 bridgehead atoms. The van der Waals surface area contributed by atoms with Gasteiger partial charge in [0.05, 0.1) is 18.3 Å². The fraction of sp³-hybridized carbons (Fsp3) is 0.353. The maximum atomic E-state index is 13.7. The van der Waals surface area contributed by atoms with Crippen molar-refractivity contribution in [3.63, 3.8) is 0 Å². The molecule has 4 heterocycles. The minimum atomic E-state index is -0.544. The Kier molecular flexibility index (Phi) is 6.06. The van der Waals surface area contributed by atoms with Gasteiger partial charge in [0.25, 0.3) is 11.8 Å². The molecule has 224 valence electrons. The molecule has 10 heteroatoms. The number of amides is 2. The number of primary amides is 1. The van der Waals surface area contributed by atoms with Gasteiger partial charge in [0.15, 0.2) is 5.82 Å². The molecule has 44 heavy (non-hydrogen) atoms. The SMILES string of the molecule is COc1cc(C(=O)N2C[C@H]3CC[C@@H]2[C@@H]3N)cc2nc(-c3cc4ccc(-c5ccc(C(N)=O)nc5)cc4n3CC3CC3)n(C)c12. The molecule has 1 saturated heterocycles. The van der Waals surface area contributed by atoms with Crippen LogP contribution in [0.15, 0.2) is 54.7 Å². The Hall–Kier alpha value is -4.70. The second kappa shape index (κ2) is 9.92. The summed E-state index contributed by atoms with van der Waals surface area (Å²) in [5.74, 6) is 1.90. The molecule has 2 amide bonds.